The van der Waals surface area contributed by atoms with Crippen molar-refractivity contribution >= 4 is 6.03 Å². The summed E-state index contributed by atoms with van der Waals surface area (Å²) in [6, 6.07) is 0.357. The lowest BCUT2D eigenvalue weighted by Gasteiger charge is -2.36. The molecule has 2 rings (SSSR count). The number of carbonyl (C=O) groups is 1. The minimum Gasteiger partial charge on any atom is -0.497 e. The van der Waals surface area contributed by atoms with Gasteiger partial charge in [-0.25, -0.2) is 22.4 Å². The Hall–Kier alpha value is -3.28. The van der Waals surface area contributed by atoms with Crippen molar-refractivity contribution < 1.29 is 32.2 Å². The summed E-state index contributed by atoms with van der Waals surface area (Å²) in [7, 11) is 1.27. The predicted molar refractivity (Wildman–Crippen MR) is 121 cm³/mol. The van der Waals surface area contributed by atoms with Gasteiger partial charge in [0, 0.05) is 43.4 Å². The number of aliphatic hydroxyl groups excluding tert-OH is 1. The molecule has 0 unspecified atom stereocenters. The van der Waals surface area contributed by atoms with Crippen LogP contribution in [0.25, 0.3) is 0 Å². The fraction of sp³-hybridized carbons (Fsp3) is 0.478. The second-order valence-corrected chi connectivity index (χ2v) is 7.94. The van der Waals surface area contributed by atoms with E-state index in [2.05, 4.69) is 15.5 Å². The molecule has 35 heavy (non-hydrogen) atoms. The maximum absolute atomic E-state index is 15.5. The number of allylic oxidation sites excluding steroid dienone is 5. The standard InChI is InChI=1S/C23H28F4N4O4/c1-4-19(35-3)16(21(25)26)6-5-14(2)30-22(33)31-9-7-23(27,8-10-31)20-17(24)11-15(12-28-20)18(32)13-29-34/h4-6,11-12,18,21,32H,7-10,13H2,1-3H3,(H,30,33)/b14-5+,16-6+,19-4+/t18-/m0/s1. The number of piperidine rings is 1. The highest BCUT2D eigenvalue weighted by Gasteiger charge is 2.41. The predicted octanol–water partition coefficient (Wildman–Crippen LogP) is 4.64. The molecule has 1 aliphatic rings. The smallest absolute Gasteiger partial charge is 0.321 e. The molecule has 1 saturated heterocycles. The quantitative estimate of drug-likeness (QED) is 0.223. The van der Waals surface area contributed by atoms with E-state index in [1.807, 2.05) is 0 Å². The molecule has 1 fully saturated rings. The zero-order valence-electron chi connectivity index (χ0n) is 19.6. The number of amides is 2. The Balaban J connectivity index is 2.04. The Morgan fingerprint density at radius 3 is 2.54 bits per heavy atom. The number of aromatic nitrogens is 1. The van der Waals surface area contributed by atoms with E-state index in [0.717, 1.165) is 18.3 Å². The molecule has 0 aromatic carbocycles. The molecule has 0 aliphatic carbocycles. The number of carbonyl (C=O) groups excluding carboxylic acids is 1. The lowest BCUT2D eigenvalue weighted by atomic mass is 9.89. The van der Waals surface area contributed by atoms with E-state index in [0.29, 0.717) is 0 Å². The summed E-state index contributed by atoms with van der Waals surface area (Å²) in [6.45, 7) is 2.50. The zero-order chi connectivity index (χ0) is 26.2. The average molecular weight is 500 g/mol. The molecular formula is C23H28F4N4O4. The van der Waals surface area contributed by atoms with E-state index in [9.17, 15) is 28.0 Å². The third-order valence-corrected chi connectivity index (χ3v) is 5.58. The molecule has 1 atom stereocenters. The molecule has 12 heteroatoms. The Morgan fingerprint density at radius 2 is 2.03 bits per heavy atom. The topological polar surface area (TPSA) is 104 Å². The summed E-state index contributed by atoms with van der Waals surface area (Å²) in [5.41, 5.74) is -2.63. The van der Waals surface area contributed by atoms with Gasteiger partial charge in [0.15, 0.2) is 5.67 Å². The summed E-state index contributed by atoms with van der Waals surface area (Å²) >= 11 is 0. The maximum atomic E-state index is 15.5. The van der Waals surface area contributed by atoms with Crippen LogP contribution in [0.1, 0.15) is 44.1 Å². The number of nitrogens with zero attached hydrogens (tertiary/aromatic N) is 3. The van der Waals surface area contributed by atoms with Crippen molar-refractivity contribution in [2.75, 3.05) is 26.7 Å². The first kappa shape index (κ1) is 28.0. The number of likely N-dealkylation sites (tertiary alicyclic amines) is 1. The van der Waals surface area contributed by atoms with Gasteiger partial charge in [0.25, 0.3) is 6.43 Å². The number of hydrogen-bond acceptors (Lipinski definition) is 6. The summed E-state index contributed by atoms with van der Waals surface area (Å²) in [5.74, 6) is -0.959. The maximum Gasteiger partial charge on any atom is 0.321 e. The SMILES string of the molecule is C\C=C(OC)/C(=C\C=C(/C)NC(=O)N1CCC(F)(c2ncc([C@@H](O)CN=O)cc2F)CC1)C(F)F. The molecule has 1 aromatic heterocycles. The molecule has 0 bridgehead atoms. The van der Waals surface area contributed by atoms with Crippen LogP contribution in [0.5, 0.6) is 0 Å². The van der Waals surface area contributed by atoms with Crippen LogP contribution in [0.2, 0.25) is 0 Å². The van der Waals surface area contributed by atoms with Crippen LogP contribution in [0.4, 0.5) is 22.4 Å². The van der Waals surface area contributed by atoms with Gasteiger partial charge in [-0.3, -0.25) is 4.98 Å². The summed E-state index contributed by atoms with van der Waals surface area (Å²) < 4.78 is 61.4. The van der Waals surface area contributed by atoms with Crippen molar-refractivity contribution in [3.63, 3.8) is 0 Å². The van der Waals surface area contributed by atoms with E-state index in [-0.39, 0.29) is 48.5 Å². The Bertz CT molecular complexity index is 1010. The number of rotatable bonds is 9. The van der Waals surface area contributed by atoms with Crippen molar-refractivity contribution in [2.24, 2.45) is 5.18 Å². The number of aliphatic hydroxyl groups is 1. The van der Waals surface area contributed by atoms with Crippen molar-refractivity contribution in [1.29, 1.82) is 0 Å². The monoisotopic (exact) mass is 500 g/mol. The first-order valence-electron chi connectivity index (χ1n) is 10.8. The van der Waals surface area contributed by atoms with Gasteiger partial charge < -0.3 is 20.1 Å². The highest BCUT2D eigenvalue weighted by molar-refractivity contribution is 5.76. The first-order valence-corrected chi connectivity index (χ1v) is 10.8. The number of methoxy groups -OCH3 is 1. The molecule has 0 saturated carbocycles. The van der Waals surface area contributed by atoms with Gasteiger partial charge in [0.2, 0.25) is 0 Å². The number of ether oxygens (including phenoxy) is 1. The molecule has 0 spiro atoms. The van der Waals surface area contributed by atoms with Gasteiger partial charge in [-0.05, 0) is 38.1 Å². The molecule has 2 N–H and O–H groups in total. The van der Waals surface area contributed by atoms with Crippen LogP contribution < -0.4 is 5.32 Å². The van der Waals surface area contributed by atoms with Crippen LogP contribution >= 0.6 is 0 Å². The van der Waals surface area contributed by atoms with Crippen LogP contribution in [0.3, 0.4) is 0 Å². The number of pyridine rings is 1. The van der Waals surface area contributed by atoms with Crippen LogP contribution in [0.15, 0.2) is 52.7 Å². The minimum atomic E-state index is -2.78. The van der Waals surface area contributed by atoms with Crippen LogP contribution in [-0.4, -0.2) is 54.2 Å². The zero-order valence-corrected chi connectivity index (χ0v) is 19.6. The van der Waals surface area contributed by atoms with Crippen LogP contribution in [0, 0.1) is 10.7 Å². The number of hydrogen-bond donors (Lipinski definition) is 2. The largest absolute Gasteiger partial charge is 0.497 e. The van der Waals surface area contributed by atoms with Gasteiger partial charge in [-0.1, -0.05) is 5.18 Å². The molecule has 1 aliphatic heterocycles. The lowest BCUT2D eigenvalue weighted by Crippen LogP contribution is -2.47. The number of urea groups is 1. The van der Waals surface area contributed by atoms with Crippen molar-refractivity contribution in [2.45, 2.75) is 44.9 Å². The third-order valence-electron chi connectivity index (χ3n) is 5.58. The minimum absolute atomic E-state index is 0.00428. The molecular weight excluding hydrogens is 472 g/mol. The average Bonchev–Trinajstić information content (AvgIpc) is 2.81. The summed E-state index contributed by atoms with van der Waals surface area (Å²) in [6.07, 6.45) is 0.361. The molecule has 0 radical (unpaired) electrons. The van der Waals surface area contributed by atoms with Crippen molar-refractivity contribution in [3.05, 3.63) is 69.5 Å². The van der Waals surface area contributed by atoms with Crippen molar-refractivity contribution in [1.82, 2.24) is 15.2 Å². The number of nitrogens with one attached hydrogen (secondary N) is 1. The Kier molecular flexibility index (Phi) is 9.93. The van der Waals surface area contributed by atoms with E-state index >= 15 is 4.39 Å². The Labute approximate surface area is 200 Å². The first-order chi connectivity index (χ1) is 16.6. The number of nitroso groups, excluding NO2 is 1. The third kappa shape index (κ3) is 7.10. The molecule has 2 heterocycles. The molecule has 192 valence electrons. The normalized spacial score (nSPS) is 17.9. The molecule has 2 amide bonds. The second kappa shape index (κ2) is 12.4. The fourth-order valence-corrected chi connectivity index (χ4v) is 3.61. The number of alkyl halides is 3. The summed E-state index contributed by atoms with van der Waals surface area (Å²) in [5, 5.41) is 14.8. The lowest BCUT2D eigenvalue weighted by molar-refractivity contribution is 0.0622. The van der Waals surface area contributed by atoms with Crippen LogP contribution in [-0.2, 0) is 10.4 Å². The van der Waals surface area contributed by atoms with E-state index < -0.39 is 42.3 Å². The molecule has 8 nitrogen and oxygen atoms in total. The van der Waals surface area contributed by atoms with Crippen molar-refractivity contribution in [3.8, 4) is 0 Å². The van der Waals surface area contributed by atoms with Gasteiger partial charge in [0.05, 0.1) is 12.7 Å². The van der Waals surface area contributed by atoms with Gasteiger partial charge in [-0.15, -0.1) is 0 Å². The van der Waals surface area contributed by atoms with E-state index in [4.69, 9.17) is 4.74 Å². The molecule has 1 aromatic rings. The van der Waals surface area contributed by atoms with Gasteiger partial charge in [-0.2, -0.15) is 4.91 Å². The summed E-state index contributed by atoms with van der Waals surface area (Å²) in [4.78, 5) is 27.9. The number of halogens is 4. The highest BCUT2D eigenvalue weighted by atomic mass is 19.3. The second-order valence-electron chi connectivity index (χ2n) is 7.94. The van der Waals surface area contributed by atoms with E-state index in [1.54, 1.807) is 6.92 Å². The highest BCUT2D eigenvalue weighted by Crippen LogP contribution is 2.37. The van der Waals surface area contributed by atoms with E-state index in [1.165, 1.54) is 31.1 Å². The fourth-order valence-electron chi connectivity index (χ4n) is 3.61. The Morgan fingerprint density at radius 1 is 1.37 bits per heavy atom. The van der Waals surface area contributed by atoms with Gasteiger partial charge in [0.1, 0.15) is 29.9 Å². The van der Waals surface area contributed by atoms with Gasteiger partial charge >= 0.3 is 6.03 Å².